The van der Waals surface area contributed by atoms with E-state index in [4.69, 9.17) is 5.73 Å². The predicted molar refractivity (Wildman–Crippen MR) is 93.2 cm³/mol. The van der Waals surface area contributed by atoms with Crippen LogP contribution in [0.4, 0.5) is 4.79 Å². The molecule has 0 bridgehead atoms. The molecule has 0 spiro atoms. The lowest BCUT2D eigenvalue weighted by Crippen LogP contribution is -2.52. The molecular weight excluding hydrogens is 300 g/mol. The molecule has 0 heterocycles. The van der Waals surface area contributed by atoms with Crippen LogP contribution in [0.1, 0.15) is 65.2 Å². The topological polar surface area (TPSA) is 72.2 Å². The van der Waals surface area contributed by atoms with Crippen molar-refractivity contribution in [3.05, 3.63) is 11.6 Å². The number of Topliss-reactive ketones (excluding diaryl/α,β-unsaturated/α-hetero) is 1. The van der Waals surface area contributed by atoms with Crippen LogP contribution < -0.4 is 11.1 Å². The van der Waals surface area contributed by atoms with E-state index in [1.165, 1.54) is 18.4 Å². The summed E-state index contributed by atoms with van der Waals surface area (Å²) in [4.78, 5) is 23.6. The summed E-state index contributed by atoms with van der Waals surface area (Å²) < 4.78 is 0. The van der Waals surface area contributed by atoms with Crippen molar-refractivity contribution in [2.75, 3.05) is 0 Å². The molecule has 0 radical (unpaired) electrons. The predicted octanol–water partition coefficient (Wildman–Crippen LogP) is 3.56. The van der Waals surface area contributed by atoms with E-state index in [1.54, 1.807) is 0 Å². The molecular formula is C20H30N2O2. The highest BCUT2D eigenvalue weighted by Gasteiger charge is 2.58. The lowest BCUT2D eigenvalue weighted by atomic mass is 9.47. The smallest absolute Gasteiger partial charge is 0.312 e. The summed E-state index contributed by atoms with van der Waals surface area (Å²) in [6.07, 6.45) is 10.9. The maximum atomic E-state index is 12.4. The second-order valence-corrected chi connectivity index (χ2v) is 9.10. The average molecular weight is 330 g/mol. The Morgan fingerprint density at radius 3 is 2.54 bits per heavy atom. The summed E-state index contributed by atoms with van der Waals surface area (Å²) in [5.74, 6) is 2.53. The van der Waals surface area contributed by atoms with E-state index in [2.05, 4.69) is 25.2 Å². The van der Waals surface area contributed by atoms with Crippen molar-refractivity contribution in [1.29, 1.82) is 0 Å². The van der Waals surface area contributed by atoms with Gasteiger partial charge in [-0.3, -0.25) is 4.79 Å². The van der Waals surface area contributed by atoms with E-state index >= 15 is 0 Å². The molecule has 24 heavy (non-hydrogen) atoms. The maximum absolute atomic E-state index is 12.4. The van der Waals surface area contributed by atoms with Gasteiger partial charge in [0, 0.05) is 17.9 Å². The summed E-state index contributed by atoms with van der Waals surface area (Å²) in [5, 5.41) is 2.87. The molecule has 0 aromatic rings. The first-order valence-corrected chi connectivity index (χ1v) is 9.65. The van der Waals surface area contributed by atoms with Gasteiger partial charge in [-0.2, -0.15) is 0 Å². The maximum Gasteiger partial charge on any atom is 0.312 e. The zero-order valence-corrected chi connectivity index (χ0v) is 14.9. The Labute approximate surface area is 144 Å². The van der Waals surface area contributed by atoms with Crippen molar-refractivity contribution in [1.82, 2.24) is 5.32 Å². The number of amides is 2. The number of fused-ring (bicyclic) bond motifs is 5. The van der Waals surface area contributed by atoms with Crippen LogP contribution in [-0.4, -0.2) is 17.9 Å². The molecule has 4 aliphatic carbocycles. The summed E-state index contributed by atoms with van der Waals surface area (Å²) in [6.45, 7) is 4.68. The molecule has 0 aromatic carbocycles. The Morgan fingerprint density at radius 1 is 1.08 bits per heavy atom. The number of ketones is 1. The van der Waals surface area contributed by atoms with E-state index < -0.39 is 6.03 Å². The van der Waals surface area contributed by atoms with Gasteiger partial charge in [-0.25, -0.2) is 4.79 Å². The minimum absolute atomic E-state index is 0.0382. The SMILES string of the molecule is C[C@]12CC[C@@H](NC(N)=O)C=C1CC[C@@H]1[C@H]3CCC(=O)[C@@]3(C)CC[C@@H]12. The highest BCUT2D eigenvalue weighted by molar-refractivity contribution is 5.87. The van der Waals surface area contributed by atoms with Crippen LogP contribution in [0.3, 0.4) is 0 Å². The van der Waals surface area contributed by atoms with Crippen molar-refractivity contribution in [2.24, 2.45) is 34.3 Å². The van der Waals surface area contributed by atoms with Gasteiger partial charge in [-0.15, -0.1) is 0 Å². The van der Waals surface area contributed by atoms with Gasteiger partial charge in [0.15, 0.2) is 0 Å². The number of allylic oxidation sites excluding steroid dienone is 1. The number of nitrogens with one attached hydrogen (secondary N) is 1. The number of urea groups is 1. The molecule has 0 aromatic heterocycles. The lowest BCUT2D eigenvalue weighted by molar-refractivity contribution is -0.132. The fourth-order valence-corrected chi connectivity index (χ4v) is 6.80. The number of primary amides is 1. The molecule has 6 atom stereocenters. The fourth-order valence-electron chi connectivity index (χ4n) is 6.80. The van der Waals surface area contributed by atoms with Crippen LogP contribution in [0.2, 0.25) is 0 Å². The summed E-state index contributed by atoms with van der Waals surface area (Å²) in [7, 11) is 0. The molecule has 3 N–H and O–H groups in total. The monoisotopic (exact) mass is 330 g/mol. The third-order valence-corrected chi connectivity index (χ3v) is 8.15. The number of hydrogen-bond acceptors (Lipinski definition) is 2. The lowest BCUT2D eigenvalue weighted by Gasteiger charge is -2.57. The first-order chi connectivity index (χ1) is 11.3. The van der Waals surface area contributed by atoms with Crippen molar-refractivity contribution in [3.63, 3.8) is 0 Å². The Bertz CT molecular complexity index is 613. The zero-order chi connectivity index (χ0) is 17.1. The first-order valence-electron chi connectivity index (χ1n) is 9.65. The van der Waals surface area contributed by atoms with Crippen molar-refractivity contribution in [3.8, 4) is 0 Å². The average Bonchev–Trinajstić information content (AvgIpc) is 2.83. The van der Waals surface area contributed by atoms with E-state index in [-0.39, 0.29) is 16.9 Å². The van der Waals surface area contributed by atoms with Gasteiger partial charge in [0.1, 0.15) is 5.78 Å². The van der Waals surface area contributed by atoms with Crippen LogP contribution in [0.15, 0.2) is 11.6 Å². The number of hydrogen-bond donors (Lipinski definition) is 2. The van der Waals surface area contributed by atoms with E-state index in [9.17, 15) is 9.59 Å². The Morgan fingerprint density at radius 2 is 1.79 bits per heavy atom. The molecule has 4 rings (SSSR count). The van der Waals surface area contributed by atoms with Crippen molar-refractivity contribution < 1.29 is 9.59 Å². The highest BCUT2D eigenvalue weighted by atomic mass is 16.2. The van der Waals surface area contributed by atoms with Crippen LogP contribution in [0.25, 0.3) is 0 Å². The second kappa shape index (κ2) is 5.34. The van der Waals surface area contributed by atoms with E-state index in [1.807, 2.05) is 0 Å². The number of carbonyl (C=O) groups excluding carboxylic acids is 2. The van der Waals surface area contributed by atoms with Gasteiger partial charge >= 0.3 is 6.03 Å². The van der Waals surface area contributed by atoms with Crippen LogP contribution in [0.5, 0.6) is 0 Å². The molecule has 3 fully saturated rings. The first kappa shape index (κ1) is 16.2. The second-order valence-electron chi connectivity index (χ2n) is 9.10. The summed E-state index contributed by atoms with van der Waals surface area (Å²) >= 11 is 0. The van der Waals surface area contributed by atoms with Crippen molar-refractivity contribution >= 4 is 11.8 Å². The van der Waals surface area contributed by atoms with Gasteiger partial charge in [0.25, 0.3) is 0 Å². The number of nitrogens with two attached hydrogens (primary N) is 1. The quantitative estimate of drug-likeness (QED) is 0.722. The van der Waals surface area contributed by atoms with E-state index in [0.29, 0.717) is 23.5 Å². The molecule has 4 aliphatic rings. The third kappa shape index (κ3) is 2.18. The number of carbonyl (C=O) groups is 2. The molecule has 0 aliphatic heterocycles. The van der Waals surface area contributed by atoms with Gasteiger partial charge in [-0.05, 0) is 68.1 Å². The highest BCUT2D eigenvalue weighted by Crippen LogP contribution is 2.64. The van der Waals surface area contributed by atoms with Gasteiger partial charge in [0.05, 0.1) is 0 Å². The molecule has 4 heteroatoms. The molecule has 0 saturated heterocycles. The van der Waals surface area contributed by atoms with Crippen LogP contribution in [-0.2, 0) is 4.79 Å². The standard InChI is InChI=1S/C20H30N2O2/c1-19-9-7-13(22-18(21)24)11-12(19)3-4-14-15-5-6-17(23)20(15,2)10-8-16(14)19/h11,13-16H,3-10H2,1-2H3,(H3,21,22,24)/t13-,14-,15-,16+,19+,20+/m1/s1. The van der Waals surface area contributed by atoms with Gasteiger partial charge in [0.2, 0.25) is 0 Å². The molecule has 4 nitrogen and oxygen atoms in total. The Hall–Kier alpha value is -1.32. The normalized spacial score (nSPS) is 47.2. The minimum Gasteiger partial charge on any atom is -0.352 e. The van der Waals surface area contributed by atoms with E-state index in [0.717, 1.165) is 38.5 Å². The molecule has 2 amide bonds. The molecule has 132 valence electrons. The van der Waals surface area contributed by atoms with Crippen molar-refractivity contribution in [2.45, 2.75) is 71.3 Å². The molecule has 0 unspecified atom stereocenters. The van der Waals surface area contributed by atoms with Crippen LogP contribution in [0, 0.1) is 28.6 Å². The Kier molecular flexibility index (Phi) is 3.59. The molecule has 3 saturated carbocycles. The summed E-state index contributed by atoms with van der Waals surface area (Å²) in [5.41, 5.74) is 7.05. The zero-order valence-electron chi connectivity index (χ0n) is 14.9. The van der Waals surface area contributed by atoms with Gasteiger partial charge in [-0.1, -0.05) is 25.5 Å². The van der Waals surface area contributed by atoms with Crippen LogP contribution >= 0.6 is 0 Å². The largest absolute Gasteiger partial charge is 0.352 e. The van der Waals surface area contributed by atoms with Gasteiger partial charge < -0.3 is 11.1 Å². The summed E-state index contributed by atoms with van der Waals surface area (Å²) in [6, 6.07) is -0.323. The number of rotatable bonds is 1. The fraction of sp³-hybridized carbons (Fsp3) is 0.800. The minimum atomic E-state index is -0.424. The Balaban J connectivity index is 1.61. The third-order valence-electron chi connectivity index (χ3n) is 8.15.